The number of rotatable bonds is 3. The van der Waals surface area contributed by atoms with Crippen molar-refractivity contribution in [2.45, 2.75) is 43.7 Å². The Morgan fingerprint density at radius 1 is 1.42 bits per heavy atom. The highest BCUT2D eigenvalue weighted by Crippen LogP contribution is 2.43. The average molecular weight is 298 g/mol. The monoisotopic (exact) mass is 298 g/mol. The summed E-state index contributed by atoms with van der Waals surface area (Å²) in [7, 11) is -3.83. The summed E-state index contributed by atoms with van der Waals surface area (Å²) >= 11 is 0. The lowest BCUT2D eigenvalue weighted by Crippen LogP contribution is -2.48. The SMILES string of the molecule is CC1(C)OC[C@]2(O[C@@H](CO)[C@@H](O)[C@@H]2OS(C)(=O)=O)O1. The molecule has 0 bridgehead atoms. The largest absolute Gasteiger partial charge is 0.394 e. The normalized spacial score (nSPS) is 42.1. The van der Waals surface area contributed by atoms with E-state index in [2.05, 4.69) is 0 Å². The summed E-state index contributed by atoms with van der Waals surface area (Å²) in [5, 5.41) is 19.1. The van der Waals surface area contributed by atoms with Gasteiger partial charge in [-0.1, -0.05) is 0 Å². The van der Waals surface area contributed by atoms with E-state index in [9.17, 15) is 13.5 Å². The quantitative estimate of drug-likeness (QED) is 0.610. The van der Waals surface area contributed by atoms with Gasteiger partial charge in [0.1, 0.15) is 18.8 Å². The molecule has 8 nitrogen and oxygen atoms in total. The lowest BCUT2D eigenvalue weighted by atomic mass is 10.1. The highest BCUT2D eigenvalue weighted by atomic mass is 32.2. The van der Waals surface area contributed by atoms with Crippen molar-refractivity contribution in [3.8, 4) is 0 Å². The molecule has 0 aromatic carbocycles. The number of ether oxygens (including phenoxy) is 3. The first-order valence-corrected chi connectivity index (χ1v) is 7.59. The van der Waals surface area contributed by atoms with Crippen LogP contribution < -0.4 is 0 Å². The van der Waals surface area contributed by atoms with Gasteiger partial charge in [0.15, 0.2) is 11.9 Å². The minimum atomic E-state index is -3.83. The van der Waals surface area contributed by atoms with E-state index < -0.39 is 46.6 Å². The molecule has 0 aliphatic carbocycles. The van der Waals surface area contributed by atoms with Crippen molar-refractivity contribution in [1.82, 2.24) is 0 Å². The Kier molecular flexibility index (Phi) is 3.67. The summed E-state index contributed by atoms with van der Waals surface area (Å²) in [6.45, 7) is 2.66. The van der Waals surface area contributed by atoms with Crippen molar-refractivity contribution >= 4 is 10.1 Å². The lowest BCUT2D eigenvalue weighted by molar-refractivity contribution is -0.266. The third kappa shape index (κ3) is 2.92. The molecule has 2 rings (SSSR count). The van der Waals surface area contributed by atoms with Gasteiger partial charge in [0, 0.05) is 0 Å². The Hall–Kier alpha value is -0.290. The molecule has 2 fully saturated rings. The molecular weight excluding hydrogens is 280 g/mol. The maximum absolute atomic E-state index is 11.3. The summed E-state index contributed by atoms with van der Waals surface area (Å²) in [5.74, 6) is -2.54. The van der Waals surface area contributed by atoms with Gasteiger partial charge in [0.2, 0.25) is 5.79 Å². The summed E-state index contributed by atoms with van der Waals surface area (Å²) in [6, 6.07) is 0. The highest BCUT2D eigenvalue weighted by molar-refractivity contribution is 7.86. The molecule has 2 saturated heterocycles. The molecule has 0 aromatic heterocycles. The van der Waals surface area contributed by atoms with Gasteiger partial charge in [-0.2, -0.15) is 8.42 Å². The van der Waals surface area contributed by atoms with Gasteiger partial charge in [0.25, 0.3) is 10.1 Å². The van der Waals surface area contributed by atoms with Crippen molar-refractivity contribution < 1.29 is 37.0 Å². The minimum Gasteiger partial charge on any atom is -0.394 e. The van der Waals surface area contributed by atoms with E-state index in [1.165, 1.54) is 0 Å². The second-order valence-corrected chi connectivity index (χ2v) is 6.75. The van der Waals surface area contributed by atoms with Crippen LogP contribution in [0.3, 0.4) is 0 Å². The van der Waals surface area contributed by atoms with E-state index in [0.717, 1.165) is 6.26 Å². The Balaban J connectivity index is 2.30. The fourth-order valence-corrected chi connectivity index (χ4v) is 2.90. The maximum atomic E-state index is 11.3. The van der Waals surface area contributed by atoms with E-state index >= 15 is 0 Å². The molecule has 2 aliphatic rings. The zero-order valence-electron chi connectivity index (χ0n) is 10.9. The molecule has 0 saturated carbocycles. The Morgan fingerprint density at radius 3 is 2.47 bits per heavy atom. The molecule has 1 spiro atoms. The lowest BCUT2D eigenvalue weighted by Gasteiger charge is -2.29. The summed E-state index contributed by atoms with van der Waals surface area (Å²) in [5.41, 5.74) is 0. The van der Waals surface area contributed by atoms with Crippen LogP contribution in [0.4, 0.5) is 0 Å². The first-order chi connectivity index (χ1) is 8.59. The second-order valence-electron chi connectivity index (χ2n) is 5.15. The number of hydrogen-bond donors (Lipinski definition) is 2. The maximum Gasteiger partial charge on any atom is 0.264 e. The third-order valence-electron chi connectivity index (χ3n) is 2.97. The van der Waals surface area contributed by atoms with Gasteiger partial charge in [-0.3, -0.25) is 4.18 Å². The van der Waals surface area contributed by atoms with Gasteiger partial charge >= 0.3 is 0 Å². The third-order valence-corrected chi connectivity index (χ3v) is 3.53. The Labute approximate surface area is 111 Å². The van der Waals surface area contributed by atoms with E-state index in [-0.39, 0.29) is 6.61 Å². The minimum absolute atomic E-state index is 0.103. The van der Waals surface area contributed by atoms with Gasteiger partial charge < -0.3 is 24.4 Å². The van der Waals surface area contributed by atoms with Gasteiger partial charge in [0.05, 0.1) is 12.9 Å². The molecule has 0 unspecified atom stereocenters. The average Bonchev–Trinajstić information content (AvgIpc) is 2.69. The van der Waals surface area contributed by atoms with Crippen molar-refractivity contribution in [3.05, 3.63) is 0 Å². The standard InChI is InChI=1S/C10H18O8S/c1-9(2)15-5-10(18-9)8(17-19(3,13)14)7(12)6(4-11)16-10/h6-8,11-12H,4-5H2,1-3H3/t6-,7+,8-,10-/m0/s1. The van der Waals surface area contributed by atoms with E-state index in [4.69, 9.17) is 23.5 Å². The molecule has 112 valence electrons. The van der Waals surface area contributed by atoms with Crippen LogP contribution >= 0.6 is 0 Å². The molecule has 19 heavy (non-hydrogen) atoms. The number of hydrogen-bond acceptors (Lipinski definition) is 8. The summed E-state index contributed by atoms with van der Waals surface area (Å²) in [4.78, 5) is 0. The number of aliphatic hydroxyl groups is 2. The molecule has 0 aromatic rings. The van der Waals surface area contributed by atoms with Crippen LogP contribution in [0.25, 0.3) is 0 Å². The Morgan fingerprint density at radius 2 is 2.05 bits per heavy atom. The molecule has 2 N–H and O–H groups in total. The van der Waals surface area contributed by atoms with Crippen LogP contribution in [0.1, 0.15) is 13.8 Å². The van der Waals surface area contributed by atoms with Gasteiger partial charge in [-0.15, -0.1) is 0 Å². The molecule has 0 amide bonds. The zero-order valence-corrected chi connectivity index (χ0v) is 11.7. The van der Waals surface area contributed by atoms with Crippen LogP contribution in [-0.2, 0) is 28.5 Å². The molecule has 0 radical (unpaired) electrons. The van der Waals surface area contributed by atoms with E-state index in [1.807, 2.05) is 0 Å². The van der Waals surface area contributed by atoms with E-state index in [1.54, 1.807) is 13.8 Å². The van der Waals surface area contributed by atoms with Crippen LogP contribution in [-0.4, -0.2) is 68.0 Å². The molecular formula is C10H18O8S. The highest BCUT2D eigenvalue weighted by Gasteiger charge is 2.63. The first-order valence-electron chi connectivity index (χ1n) is 5.78. The van der Waals surface area contributed by atoms with Gasteiger partial charge in [-0.25, -0.2) is 0 Å². The fourth-order valence-electron chi connectivity index (χ4n) is 2.26. The second kappa shape index (κ2) is 4.62. The van der Waals surface area contributed by atoms with Crippen LogP contribution in [0, 0.1) is 0 Å². The van der Waals surface area contributed by atoms with Crippen LogP contribution in [0.15, 0.2) is 0 Å². The van der Waals surface area contributed by atoms with E-state index in [0.29, 0.717) is 0 Å². The van der Waals surface area contributed by atoms with Crippen molar-refractivity contribution in [2.24, 2.45) is 0 Å². The first kappa shape index (κ1) is 15.1. The summed E-state index contributed by atoms with van der Waals surface area (Å²) < 4.78 is 43.7. The molecule has 9 heteroatoms. The molecule has 2 aliphatic heterocycles. The molecule has 2 heterocycles. The Bertz CT molecular complexity index is 446. The topological polar surface area (TPSA) is 112 Å². The predicted molar refractivity (Wildman–Crippen MR) is 61.5 cm³/mol. The predicted octanol–water partition coefficient (Wildman–Crippen LogP) is -1.44. The molecule has 4 atom stereocenters. The van der Waals surface area contributed by atoms with Crippen molar-refractivity contribution in [2.75, 3.05) is 19.5 Å². The fraction of sp³-hybridized carbons (Fsp3) is 1.00. The summed E-state index contributed by atoms with van der Waals surface area (Å²) in [6.07, 6.45) is -2.76. The van der Waals surface area contributed by atoms with Crippen molar-refractivity contribution in [3.63, 3.8) is 0 Å². The van der Waals surface area contributed by atoms with Crippen LogP contribution in [0.5, 0.6) is 0 Å². The van der Waals surface area contributed by atoms with Crippen molar-refractivity contribution in [1.29, 1.82) is 0 Å². The van der Waals surface area contributed by atoms with Gasteiger partial charge in [-0.05, 0) is 13.8 Å². The van der Waals surface area contributed by atoms with Crippen LogP contribution in [0.2, 0.25) is 0 Å². The zero-order chi connectivity index (χ0) is 14.5. The smallest absolute Gasteiger partial charge is 0.264 e. The number of aliphatic hydroxyl groups excluding tert-OH is 2.